The minimum atomic E-state index is -0.483. The van der Waals surface area contributed by atoms with Gasteiger partial charge in [0.25, 0.3) is 0 Å². The molecule has 0 aromatic heterocycles. The maximum absolute atomic E-state index is 11.4. The lowest BCUT2D eigenvalue weighted by Gasteiger charge is -2.13. The molecule has 0 saturated heterocycles. The molecule has 94 valence electrons. The second-order valence-electron chi connectivity index (χ2n) is 3.99. The van der Waals surface area contributed by atoms with E-state index in [1.807, 2.05) is 13.8 Å². The average Bonchev–Trinajstić information content (AvgIpc) is 2.15. The summed E-state index contributed by atoms with van der Waals surface area (Å²) in [5.74, 6) is -0.370. The Morgan fingerprint density at radius 3 is 2.38 bits per heavy atom. The van der Waals surface area contributed by atoms with Crippen molar-refractivity contribution in [2.24, 2.45) is 0 Å². The zero-order valence-corrected chi connectivity index (χ0v) is 10.5. The lowest BCUT2D eigenvalue weighted by atomic mass is 10.3. The van der Waals surface area contributed by atoms with Gasteiger partial charge in [0.1, 0.15) is 6.04 Å². The van der Waals surface area contributed by atoms with E-state index >= 15 is 0 Å². The van der Waals surface area contributed by atoms with Crippen LogP contribution in [0.3, 0.4) is 0 Å². The molecular formula is C11H22N2O3. The Bertz CT molecular complexity index is 229. The summed E-state index contributed by atoms with van der Waals surface area (Å²) in [4.78, 5) is 22.1. The van der Waals surface area contributed by atoms with Gasteiger partial charge in [0.15, 0.2) is 0 Å². The molecule has 0 heterocycles. The predicted molar refractivity (Wildman–Crippen MR) is 62.0 cm³/mol. The zero-order valence-electron chi connectivity index (χ0n) is 10.5. The van der Waals surface area contributed by atoms with Crippen molar-refractivity contribution >= 4 is 11.8 Å². The highest BCUT2D eigenvalue weighted by Gasteiger charge is 2.12. The fourth-order valence-electron chi connectivity index (χ4n) is 1.13. The SMILES string of the molecule is CC(=O)NC(C)C(=O)NCCCOC(C)C. The summed E-state index contributed by atoms with van der Waals surface area (Å²) in [6, 6.07) is -0.483. The number of nitrogens with one attached hydrogen (secondary N) is 2. The summed E-state index contributed by atoms with van der Waals surface area (Å²) < 4.78 is 5.33. The summed E-state index contributed by atoms with van der Waals surface area (Å²) in [6.45, 7) is 8.18. The van der Waals surface area contributed by atoms with Gasteiger partial charge in [-0.1, -0.05) is 0 Å². The topological polar surface area (TPSA) is 67.4 Å². The van der Waals surface area contributed by atoms with Gasteiger partial charge in [-0.2, -0.15) is 0 Å². The van der Waals surface area contributed by atoms with E-state index in [-0.39, 0.29) is 17.9 Å². The first-order valence-electron chi connectivity index (χ1n) is 5.60. The molecule has 1 unspecified atom stereocenters. The molecule has 0 aliphatic carbocycles. The van der Waals surface area contributed by atoms with Crippen molar-refractivity contribution in [3.05, 3.63) is 0 Å². The van der Waals surface area contributed by atoms with E-state index in [1.165, 1.54) is 6.92 Å². The van der Waals surface area contributed by atoms with Crippen LogP contribution in [0.2, 0.25) is 0 Å². The van der Waals surface area contributed by atoms with Crippen molar-refractivity contribution in [2.75, 3.05) is 13.2 Å². The van der Waals surface area contributed by atoms with Gasteiger partial charge in [-0.3, -0.25) is 9.59 Å². The van der Waals surface area contributed by atoms with Gasteiger partial charge in [-0.15, -0.1) is 0 Å². The van der Waals surface area contributed by atoms with Gasteiger partial charge >= 0.3 is 0 Å². The minimum absolute atomic E-state index is 0.167. The van der Waals surface area contributed by atoms with Crippen molar-refractivity contribution in [1.29, 1.82) is 0 Å². The van der Waals surface area contributed by atoms with Crippen LogP contribution in [0.15, 0.2) is 0 Å². The van der Waals surface area contributed by atoms with Crippen LogP contribution < -0.4 is 10.6 Å². The molecule has 0 aliphatic heterocycles. The molecule has 0 fully saturated rings. The Hall–Kier alpha value is -1.10. The fraction of sp³-hybridized carbons (Fsp3) is 0.818. The Morgan fingerprint density at radius 1 is 1.25 bits per heavy atom. The highest BCUT2D eigenvalue weighted by molar-refractivity contribution is 5.86. The first-order chi connectivity index (χ1) is 7.43. The van der Waals surface area contributed by atoms with Crippen molar-refractivity contribution in [1.82, 2.24) is 10.6 Å². The molecule has 0 bridgehead atoms. The molecule has 2 amide bonds. The fourth-order valence-corrected chi connectivity index (χ4v) is 1.13. The average molecular weight is 230 g/mol. The molecule has 1 atom stereocenters. The number of ether oxygens (including phenoxy) is 1. The van der Waals surface area contributed by atoms with E-state index in [0.29, 0.717) is 13.2 Å². The van der Waals surface area contributed by atoms with Crippen LogP contribution in [0.5, 0.6) is 0 Å². The number of amides is 2. The predicted octanol–water partition coefficient (Wildman–Crippen LogP) is 0.442. The molecular weight excluding hydrogens is 208 g/mol. The molecule has 0 spiro atoms. The summed E-state index contributed by atoms with van der Waals surface area (Å²) in [5, 5.41) is 5.25. The van der Waals surface area contributed by atoms with Gasteiger partial charge in [-0.05, 0) is 27.2 Å². The molecule has 2 N–H and O–H groups in total. The van der Waals surface area contributed by atoms with E-state index in [9.17, 15) is 9.59 Å². The van der Waals surface area contributed by atoms with Crippen LogP contribution in [-0.4, -0.2) is 37.1 Å². The maximum atomic E-state index is 11.4. The quantitative estimate of drug-likeness (QED) is 0.624. The van der Waals surface area contributed by atoms with Crippen LogP contribution in [0, 0.1) is 0 Å². The van der Waals surface area contributed by atoms with Gasteiger partial charge in [-0.25, -0.2) is 0 Å². The third kappa shape index (κ3) is 8.23. The molecule has 5 nitrogen and oxygen atoms in total. The van der Waals surface area contributed by atoms with E-state index < -0.39 is 6.04 Å². The van der Waals surface area contributed by atoms with Gasteiger partial charge in [0.2, 0.25) is 11.8 Å². The van der Waals surface area contributed by atoms with Crippen LogP contribution in [-0.2, 0) is 14.3 Å². The van der Waals surface area contributed by atoms with E-state index in [2.05, 4.69) is 10.6 Å². The van der Waals surface area contributed by atoms with E-state index in [1.54, 1.807) is 6.92 Å². The molecule has 0 aromatic rings. The van der Waals surface area contributed by atoms with E-state index in [0.717, 1.165) is 6.42 Å². The van der Waals surface area contributed by atoms with Crippen LogP contribution in [0.25, 0.3) is 0 Å². The lowest BCUT2D eigenvalue weighted by molar-refractivity contribution is -0.127. The molecule has 0 aliphatic rings. The highest BCUT2D eigenvalue weighted by Crippen LogP contribution is 1.89. The molecule has 0 rings (SSSR count). The van der Waals surface area contributed by atoms with E-state index in [4.69, 9.17) is 4.74 Å². The lowest BCUT2D eigenvalue weighted by Crippen LogP contribution is -2.44. The van der Waals surface area contributed by atoms with Crippen LogP contribution >= 0.6 is 0 Å². The van der Waals surface area contributed by atoms with Crippen LogP contribution in [0.4, 0.5) is 0 Å². The Kier molecular flexibility index (Phi) is 7.54. The summed E-state index contributed by atoms with van der Waals surface area (Å²) >= 11 is 0. The molecule has 0 saturated carbocycles. The van der Waals surface area contributed by atoms with Gasteiger partial charge in [0.05, 0.1) is 6.10 Å². The first-order valence-corrected chi connectivity index (χ1v) is 5.60. The third-order valence-electron chi connectivity index (χ3n) is 1.88. The first kappa shape index (κ1) is 14.9. The Morgan fingerprint density at radius 2 is 1.88 bits per heavy atom. The normalized spacial score (nSPS) is 12.3. The van der Waals surface area contributed by atoms with Crippen molar-refractivity contribution in [3.8, 4) is 0 Å². The highest BCUT2D eigenvalue weighted by atomic mass is 16.5. The molecule has 0 radical (unpaired) electrons. The van der Waals surface area contributed by atoms with Crippen molar-refractivity contribution in [3.63, 3.8) is 0 Å². The number of carbonyl (C=O) groups is 2. The van der Waals surface area contributed by atoms with Gasteiger partial charge < -0.3 is 15.4 Å². The summed E-state index contributed by atoms with van der Waals surface area (Å²) in [6.07, 6.45) is 0.991. The summed E-state index contributed by atoms with van der Waals surface area (Å²) in [5.41, 5.74) is 0. The van der Waals surface area contributed by atoms with Gasteiger partial charge in [0, 0.05) is 20.1 Å². The number of carbonyl (C=O) groups excluding carboxylic acids is 2. The second-order valence-corrected chi connectivity index (χ2v) is 3.99. The molecule has 0 aromatic carbocycles. The molecule has 5 heteroatoms. The summed E-state index contributed by atoms with van der Waals surface area (Å²) in [7, 11) is 0. The van der Waals surface area contributed by atoms with Crippen molar-refractivity contribution < 1.29 is 14.3 Å². The second kappa shape index (κ2) is 8.10. The smallest absolute Gasteiger partial charge is 0.242 e. The van der Waals surface area contributed by atoms with Crippen molar-refractivity contribution in [2.45, 2.75) is 46.3 Å². The van der Waals surface area contributed by atoms with Crippen LogP contribution in [0.1, 0.15) is 34.1 Å². The minimum Gasteiger partial charge on any atom is -0.379 e. The standard InChI is InChI=1S/C11H22N2O3/c1-8(2)16-7-5-6-12-11(15)9(3)13-10(4)14/h8-9H,5-7H2,1-4H3,(H,12,15)(H,13,14). The zero-order chi connectivity index (χ0) is 12.6. The largest absolute Gasteiger partial charge is 0.379 e. The molecule has 16 heavy (non-hydrogen) atoms. The number of hydrogen-bond donors (Lipinski definition) is 2. The Labute approximate surface area is 96.9 Å². The third-order valence-corrected chi connectivity index (χ3v) is 1.88. The number of hydrogen-bond acceptors (Lipinski definition) is 3. The Balaban J connectivity index is 3.53. The maximum Gasteiger partial charge on any atom is 0.242 e. The monoisotopic (exact) mass is 230 g/mol. The number of rotatable bonds is 7.